The van der Waals surface area contributed by atoms with Crippen LogP contribution in [-0.2, 0) is 4.79 Å². The molecule has 132 valence electrons. The van der Waals surface area contributed by atoms with Crippen LogP contribution >= 0.6 is 11.6 Å². The molecule has 2 amide bonds. The highest BCUT2D eigenvalue weighted by Crippen LogP contribution is 2.24. The molecule has 0 atom stereocenters. The molecular weight excluding hydrogens is 330 g/mol. The Morgan fingerprint density at radius 2 is 1.92 bits per heavy atom. The second-order valence-electron chi connectivity index (χ2n) is 6.14. The third-order valence-corrected chi connectivity index (χ3v) is 4.10. The zero-order valence-corrected chi connectivity index (χ0v) is 15.1. The van der Waals surface area contributed by atoms with Crippen LogP contribution in [0.25, 0.3) is 0 Å². The van der Waals surface area contributed by atoms with E-state index >= 15 is 0 Å². The predicted molar refractivity (Wildman–Crippen MR) is 93.6 cm³/mol. The maximum atomic E-state index is 12.7. The van der Waals surface area contributed by atoms with Gasteiger partial charge in [-0.2, -0.15) is 0 Å². The van der Waals surface area contributed by atoms with E-state index in [9.17, 15) is 9.59 Å². The number of nitrogens with zero attached hydrogens (tertiary/aromatic N) is 2. The van der Waals surface area contributed by atoms with Crippen molar-refractivity contribution in [2.24, 2.45) is 0 Å². The molecule has 2 rings (SSSR count). The summed E-state index contributed by atoms with van der Waals surface area (Å²) in [5.74, 6) is 0.435. The van der Waals surface area contributed by atoms with Gasteiger partial charge in [0.05, 0.1) is 19.2 Å². The van der Waals surface area contributed by atoms with Gasteiger partial charge in [-0.3, -0.25) is 14.5 Å². The molecule has 1 fully saturated rings. The number of hydrogen-bond acceptors (Lipinski definition) is 4. The summed E-state index contributed by atoms with van der Waals surface area (Å²) in [6, 6.07) is 5.16. The molecular formula is C17H24ClN3O3. The van der Waals surface area contributed by atoms with Crippen LogP contribution in [0.2, 0.25) is 5.02 Å². The van der Waals surface area contributed by atoms with E-state index in [4.69, 9.17) is 16.3 Å². The summed E-state index contributed by atoms with van der Waals surface area (Å²) >= 11 is 6.00. The largest absolute Gasteiger partial charge is 0.496 e. The summed E-state index contributed by atoms with van der Waals surface area (Å²) in [7, 11) is 1.53. The Kier molecular flexibility index (Phi) is 6.45. The minimum atomic E-state index is -0.0966. The molecule has 7 heteroatoms. The van der Waals surface area contributed by atoms with Crippen LogP contribution in [0.5, 0.6) is 5.75 Å². The van der Waals surface area contributed by atoms with Crippen molar-refractivity contribution < 1.29 is 14.3 Å². The van der Waals surface area contributed by atoms with Crippen molar-refractivity contribution in [1.82, 2.24) is 15.1 Å². The fraction of sp³-hybridized carbons (Fsp3) is 0.529. The Morgan fingerprint density at radius 3 is 2.50 bits per heavy atom. The van der Waals surface area contributed by atoms with Gasteiger partial charge in [-0.15, -0.1) is 0 Å². The number of nitrogens with one attached hydrogen (secondary N) is 1. The summed E-state index contributed by atoms with van der Waals surface area (Å²) in [5.41, 5.74) is 0.469. The molecule has 24 heavy (non-hydrogen) atoms. The quantitative estimate of drug-likeness (QED) is 0.874. The third kappa shape index (κ3) is 4.85. The number of carbonyl (C=O) groups is 2. The molecule has 0 aliphatic carbocycles. The first-order chi connectivity index (χ1) is 11.4. The third-order valence-electron chi connectivity index (χ3n) is 3.87. The number of benzene rings is 1. The number of carbonyl (C=O) groups excluding carboxylic acids is 2. The Labute approximate surface area is 147 Å². The van der Waals surface area contributed by atoms with Crippen molar-refractivity contribution in [3.8, 4) is 5.75 Å². The second kappa shape index (κ2) is 8.35. The highest BCUT2D eigenvalue weighted by atomic mass is 35.5. The van der Waals surface area contributed by atoms with E-state index in [2.05, 4.69) is 10.2 Å². The minimum Gasteiger partial charge on any atom is -0.496 e. The number of amides is 2. The molecule has 6 nitrogen and oxygen atoms in total. The Balaban J connectivity index is 1.93. The van der Waals surface area contributed by atoms with E-state index in [-0.39, 0.29) is 17.9 Å². The monoisotopic (exact) mass is 353 g/mol. The van der Waals surface area contributed by atoms with Crippen molar-refractivity contribution >= 4 is 23.4 Å². The molecule has 1 aliphatic rings. The summed E-state index contributed by atoms with van der Waals surface area (Å²) < 4.78 is 5.25. The lowest BCUT2D eigenvalue weighted by Gasteiger charge is -2.34. The van der Waals surface area contributed by atoms with E-state index in [1.54, 1.807) is 23.1 Å². The molecule has 1 aromatic carbocycles. The highest BCUT2D eigenvalue weighted by Gasteiger charge is 2.25. The fourth-order valence-electron chi connectivity index (χ4n) is 2.70. The number of piperazine rings is 1. The number of methoxy groups -OCH3 is 1. The van der Waals surface area contributed by atoms with Crippen molar-refractivity contribution in [2.75, 3.05) is 39.8 Å². The number of halogens is 1. The number of ether oxygens (including phenoxy) is 1. The molecule has 1 saturated heterocycles. The predicted octanol–water partition coefficient (Wildman–Crippen LogP) is 1.63. The molecule has 0 saturated carbocycles. The molecule has 1 heterocycles. The average Bonchev–Trinajstić information content (AvgIpc) is 2.54. The summed E-state index contributed by atoms with van der Waals surface area (Å²) in [6.07, 6.45) is 0. The van der Waals surface area contributed by atoms with E-state index in [0.29, 0.717) is 49.1 Å². The zero-order valence-electron chi connectivity index (χ0n) is 14.3. The van der Waals surface area contributed by atoms with Gasteiger partial charge < -0.3 is 15.0 Å². The van der Waals surface area contributed by atoms with Crippen LogP contribution in [0, 0.1) is 0 Å². The highest BCUT2D eigenvalue weighted by molar-refractivity contribution is 6.31. The molecule has 0 spiro atoms. The molecule has 0 radical (unpaired) electrons. The van der Waals surface area contributed by atoms with Crippen LogP contribution < -0.4 is 10.1 Å². The molecule has 1 aromatic rings. The normalized spacial score (nSPS) is 15.5. The van der Waals surface area contributed by atoms with E-state index < -0.39 is 0 Å². The minimum absolute atomic E-state index is 0.0151. The Hall–Kier alpha value is -1.79. The van der Waals surface area contributed by atoms with Crippen molar-refractivity contribution in [3.05, 3.63) is 28.8 Å². The average molecular weight is 354 g/mol. The second-order valence-corrected chi connectivity index (χ2v) is 6.57. The van der Waals surface area contributed by atoms with Crippen LogP contribution in [0.4, 0.5) is 0 Å². The van der Waals surface area contributed by atoms with Gasteiger partial charge in [-0.1, -0.05) is 11.6 Å². The molecule has 1 N–H and O–H groups in total. The first-order valence-electron chi connectivity index (χ1n) is 8.05. The first-order valence-corrected chi connectivity index (χ1v) is 8.43. The summed E-state index contributed by atoms with van der Waals surface area (Å²) in [5, 5.41) is 3.38. The van der Waals surface area contributed by atoms with Gasteiger partial charge in [0.1, 0.15) is 5.75 Å². The van der Waals surface area contributed by atoms with Crippen LogP contribution in [0.15, 0.2) is 18.2 Å². The topological polar surface area (TPSA) is 61.9 Å². The van der Waals surface area contributed by atoms with Crippen LogP contribution in [-0.4, -0.2) is 67.5 Å². The van der Waals surface area contributed by atoms with Gasteiger partial charge >= 0.3 is 0 Å². The van der Waals surface area contributed by atoms with Gasteiger partial charge in [0.15, 0.2) is 0 Å². The first kappa shape index (κ1) is 18.5. The van der Waals surface area contributed by atoms with E-state index in [1.165, 1.54) is 7.11 Å². The summed E-state index contributed by atoms with van der Waals surface area (Å²) in [4.78, 5) is 28.3. The maximum absolute atomic E-state index is 12.7. The van der Waals surface area contributed by atoms with Crippen molar-refractivity contribution in [1.29, 1.82) is 0 Å². The number of hydrogen-bond donors (Lipinski definition) is 1. The molecule has 0 bridgehead atoms. The van der Waals surface area contributed by atoms with Gasteiger partial charge in [0.2, 0.25) is 5.91 Å². The standard InChI is InChI=1S/C17H24ClN3O3/c1-12(2)19-16(22)11-20-6-8-21(9-7-20)17(23)14-10-13(18)4-5-15(14)24-3/h4-5,10,12H,6-9,11H2,1-3H3,(H,19,22). The van der Waals surface area contributed by atoms with E-state index in [1.807, 2.05) is 13.8 Å². The fourth-order valence-corrected chi connectivity index (χ4v) is 2.87. The molecule has 1 aliphatic heterocycles. The van der Waals surface area contributed by atoms with Gasteiger partial charge in [-0.25, -0.2) is 0 Å². The SMILES string of the molecule is COc1ccc(Cl)cc1C(=O)N1CCN(CC(=O)NC(C)C)CC1. The lowest BCUT2D eigenvalue weighted by atomic mass is 10.1. The van der Waals surface area contributed by atoms with Crippen LogP contribution in [0.1, 0.15) is 24.2 Å². The Morgan fingerprint density at radius 1 is 1.25 bits per heavy atom. The smallest absolute Gasteiger partial charge is 0.257 e. The summed E-state index contributed by atoms with van der Waals surface area (Å²) in [6.45, 7) is 6.72. The van der Waals surface area contributed by atoms with Crippen molar-refractivity contribution in [3.63, 3.8) is 0 Å². The Bertz CT molecular complexity index is 599. The van der Waals surface area contributed by atoms with Crippen molar-refractivity contribution in [2.45, 2.75) is 19.9 Å². The molecule has 0 aromatic heterocycles. The van der Waals surface area contributed by atoms with E-state index in [0.717, 1.165) is 0 Å². The maximum Gasteiger partial charge on any atom is 0.257 e. The van der Waals surface area contributed by atoms with Gasteiger partial charge in [-0.05, 0) is 32.0 Å². The lowest BCUT2D eigenvalue weighted by Crippen LogP contribution is -2.51. The zero-order chi connectivity index (χ0) is 17.7. The van der Waals surface area contributed by atoms with Gasteiger partial charge in [0, 0.05) is 37.2 Å². The molecule has 0 unspecified atom stereocenters. The number of rotatable bonds is 5. The van der Waals surface area contributed by atoms with Crippen LogP contribution in [0.3, 0.4) is 0 Å². The lowest BCUT2D eigenvalue weighted by molar-refractivity contribution is -0.123. The van der Waals surface area contributed by atoms with Gasteiger partial charge in [0.25, 0.3) is 5.91 Å².